The van der Waals surface area contributed by atoms with E-state index in [1.165, 1.54) is 6.92 Å². The Morgan fingerprint density at radius 1 is 1.28 bits per heavy atom. The molecule has 0 bridgehead atoms. The molecule has 0 aliphatic heterocycles. The third kappa shape index (κ3) is 4.94. The van der Waals surface area contributed by atoms with E-state index >= 15 is 0 Å². The van der Waals surface area contributed by atoms with Crippen molar-refractivity contribution < 1.29 is 21.8 Å². The summed E-state index contributed by atoms with van der Waals surface area (Å²) >= 11 is 2.06. The predicted octanol–water partition coefficient (Wildman–Crippen LogP) is 2.35. The number of carbonyl (C=O) groups is 1. The molecular formula is C13H19N3OV. The van der Waals surface area contributed by atoms with Crippen molar-refractivity contribution in [2.75, 3.05) is 5.43 Å². The summed E-state index contributed by atoms with van der Waals surface area (Å²) in [6, 6.07) is 2.04. The van der Waals surface area contributed by atoms with E-state index in [0.717, 1.165) is 16.8 Å². The van der Waals surface area contributed by atoms with Crippen molar-refractivity contribution >= 4 is 22.5 Å². The Morgan fingerprint density at radius 3 is 2.33 bits per heavy atom. The summed E-state index contributed by atoms with van der Waals surface area (Å²) in [6.07, 6.45) is 0. The van der Waals surface area contributed by atoms with E-state index in [1.807, 2.05) is 26.8 Å². The maximum atomic E-state index is 11.0. The van der Waals surface area contributed by atoms with Gasteiger partial charge in [-0.1, -0.05) is 6.07 Å². The number of aryl methyl sites for hydroxylation is 3. The Balaban J connectivity index is 0.00000137. The number of carbonyl (C=O) groups excluding carboxylic acids is 1. The van der Waals surface area contributed by atoms with Crippen LogP contribution in [0.4, 0.5) is 5.82 Å². The van der Waals surface area contributed by atoms with Crippen LogP contribution in [0.3, 0.4) is 0 Å². The van der Waals surface area contributed by atoms with Crippen molar-refractivity contribution in [2.45, 2.75) is 34.6 Å². The van der Waals surface area contributed by atoms with Gasteiger partial charge in [0.15, 0.2) is 5.78 Å². The first-order chi connectivity index (χ1) is 8.41. The molecule has 0 saturated heterocycles. The number of rotatable bonds is 3. The fraction of sp³-hybridized carbons (Fsp3) is 0.385. The summed E-state index contributed by atoms with van der Waals surface area (Å²) in [7, 11) is 0. The molecule has 0 radical (unpaired) electrons. The minimum atomic E-state index is -0.0472. The summed E-state index contributed by atoms with van der Waals surface area (Å²) in [5.74, 6) is 0.651. The molecule has 1 aromatic rings. The number of hydrogen-bond donors (Lipinski definition) is 1. The normalized spacial score (nSPS) is 10.3. The van der Waals surface area contributed by atoms with Gasteiger partial charge in [-0.3, -0.25) is 10.2 Å². The zero-order valence-electron chi connectivity index (χ0n) is 11.5. The zero-order chi connectivity index (χ0) is 14.3. The summed E-state index contributed by atoms with van der Waals surface area (Å²) in [5.41, 5.74) is 6.39. The first-order valence-corrected chi connectivity index (χ1v) is 6.48. The quantitative estimate of drug-likeness (QED) is 0.684. The minimum absolute atomic E-state index is 0.0472. The van der Waals surface area contributed by atoms with Crippen molar-refractivity contribution in [3.63, 3.8) is 0 Å². The Bertz CT molecular complexity index is 470. The molecule has 0 aliphatic carbocycles. The van der Waals surface area contributed by atoms with Crippen LogP contribution in [-0.4, -0.2) is 21.7 Å². The van der Waals surface area contributed by atoms with Gasteiger partial charge in [-0.25, -0.2) is 4.98 Å². The molecule has 1 rings (SSSR count). The van der Waals surface area contributed by atoms with Gasteiger partial charge in [0.05, 0.1) is 0 Å². The summed E-state index contributed by atoms with van der Waals surface area (Å²) in [4.78, 5) is 15.4. The van der Waals surface area contributed by atoms with Crippen LogP contribution < -0.4 is 5.43 Å². The molecule has 0 unspecified atom stereocenters. The van der Waals surface area contributed by atoms with E-state index < -0.39 is 0 Å². The van der Waals surface area contributed by atoms with Gasteiger partial charge in [-0.15, -0.1) is 0 Å². The third-order valence-electron chi connectivity index (χ3n) is 2.50. The second kappa shape index (κ2) is 7.95. The second-order valence-corrected chi connectivity index (χ2v) is 3.92. The van der Waals surface area contributed by atoms with Crippen LogP contribution in [0, 0.1) is 20.8 Å². The molecule has 18 heavy (non-hydrogen) atoms. The summed E-state index contributed by atoms with van der Waals surface area (Å²) in [5, 5.41) is 7.17. The van der Waals surface area contributed by atoms with Crippen molar-refractivity contribution in [1.29, 1.82) is 0 Å². The summed E-state index contributed by atoms with van der Waals surface area (Å²) < 4.78 is 0. The molecule has 0 saturated carbocycles. The fourth-order valence-corrected chi connectivity index (χ4v) is 1.17. The van der Waals surface area contributed by atoms with Gasteiger partial charge in [-0.05, 0) is 38.8 Å². The van der Waals surface area contributed by atoms with E-state index in [2.05, 4.69) is 37.7 Å². The third-order valence-corrected chi connectivity index (χ3v) is 2.50. The van der Waals surface area contributed by atoms with Crippen molar-refractivity contribution in [3.05, 3.63) is 22.9 Å². The molecule has 1 aromatic heterocycles. The van der Waals surface area contributed by atoms with Crippen LogP contribution in [0.5, 0.6) is 0 Å². The predicted molar refractivity (Wildman–Crippen MR) is 73.0 cm³/mol. The molecule has 0 fully saturated rings. The monoisotopic (exact) mass is 284 g/mol. The van der Waals surface area contributed by atoms with Crippen LogP contribution in [0.1, 0.15) is 30.7 Å². The standard InChI is InChI=1S/C12H17N3O.CH2.V/c1-7-6-8(2)12(13-9(7)3)15-14-10(4)11(5)16;;/h6H,1-5H3,(H,13,15);1H2;/b14-10-;;. The van der Waals surface area contributed by atoms with Gasteiger partial charge in [0.1, 0.15) is 11.5 Å². The molecule has 0 aromatic carbocycles. The molecule has 5 heteroatoms. The van der Waals surface area contributed by atoms with Gasteiger partial charge in [-0.2, -0.15) is 5.10 Å². The van der Waals surface area contributed by atoms with Gasteiger partial charge < -0.3 is 0 Å². The zero-order valence-corrected chi connectivity index (χ0v) is 12.9. The van der Waals surface area contributed by atoms with E-state index in [4.69, 9.17) is 0 Å². The van der Waals surface area contributed by atoms with Crippen molar-refractivity contribution in [2.24, 2.45) is 5.10 Å². The van der Waals surface area contributed by atoms with Crippen LogP contribution >= 0.6 is 0 Å². The number of pyridine rings is 1. The first kappa shape index (κ1) is 16.7. The molecule has 0 spiro atoms. The van der Waals surface area contributed by atoms with Gasteiger partial charge >= 0.3 is 22.2 Å². The van der Waals surface area contributed by atoms with Gasteiger partial charge in [0.25, 0.3) is 0 Å². The van der Waals surface area contributed by atoms with E-state index in [1.54, 1.807) is 6.92 Å². The maximum absolute atomic E-state index is 11.0. The van der Waals surface area contributed by atoms with Crippen LogP contribution in [0.2, 0.25) is 0 Å². The fourth-order valence-electron chi connectivity index (χ4n) is 1.17. The van der Waals surface area contributed by atoms with Gasteiger partial charge in [0.2, 0.25) is 0 Å². The van der Waals surface area contributed by atoms with E-state index in [-0.39, 0.29) is 5.78 Å². The Morgan fingerprint density at radius 2 is 1.83 bits per heavy atom. The van der Waals surface area contributed by atoms with Crippen LogP contribution in [0.15, 0.2) is 11.2 Å². The molecule has 0 atom stereocenters. The van der Waals surface area contributed by atoms with Crippen LogP contribution in [-0.2, 0) is 21.8 Å². The number of nitrogens with zero attached hydrogens (tertiary/aromatic N) is 2. The Kier molecular flexibility index (Phi) is 7.40. The topological polar surface area (TPSA) is 54.4 Å². The number of hydrogen-bond acceptors (Lipinski definition) is 4. The molecular weight excluding hydrogens is 265 g/mol. The van der Waals surface area contributed by atoms with E-state index in [9.17, 15) is 4.79 Å². The molecule has 0 amide bonds. The number of ketones is 1. The Hall–Kier alpha value is -1.26. The number of hydrazone groups is 1. The van der Waals surface area contributed by atoms with Crippen molar-refractivity contribution in [3.8, 4) is 0 Å². The second-order valence-electron chi connectivity index (χ2n) is 3.92. The van der Waals surface area contributed by atoms with E-state index in [0.29, 0.717) is 11.5 Å². The molecule has 1 N–H and O–H groups in total. The number of aromatic nitrogens is 1. The molecule has 4 nitrogen and oxygen atoms in total. The van der Waals surface area contributed by atoms with Crippen molar-refractivity contribution in [1.82, 2.24) is 4.98 Å². The molecule has 1 heterocycles. The van der Waals surface area contributed by atoms with Gasteiger partial charge in [0, 0.05) is 12.6 Å². The average Bonchev–Trinajstić information content (AvgIpc) is 2.34. The number of nitrogens with one attached hydrogen (secondary N) is 1. The first-order valence-electron chi connectivity index (χ1n) is 5.49. The average molecular weight is 284 g/mol. The summed E-state index contributed by atoms with van der Waals surface area (Å²) in [6.45, 7) is 9.08. The SMILES string of the molecule is CC(=O)/C(C)=N\Nc1nc(C)c(C)cc1C.[CH2]=[V]. The number of Topliss-reactive ketones (excluding diaryl/α,β-unsaturated/α-hetero) is 1. The molecule has 0 aliphatic rings. The van der Waals surface area contributed by atoms with Crippen LogP contribution in [0.25, 0.3) is 0 Å². The Labute approximate surface area is 117 Å². The molecule has 97 valence electrons. The number of anilines is 1.